The number of imidazole rings is 1. The maximum Gasteiger partial charge on any atom is 0.461 e. The standard InChI is InChI=1S/C26H33ClN5O6P/c1-5-36-15-22-30-23-24(20-8-6-7-9-21(20)29-25(23)28)32(22)16-26(3,33)38-39(34,31-17(2)14-35-4)37-19-12-10-18(27)11-13-19/h6-13,17,33H,5,14-16H2,1-4H3,(H2,28,29)(H,31,34)/t17-,26?,39?/m0/s1. The first-order chi connectivity index (χ1) is 18.5. The Morgan fingerprint density at radius 2 is 1.92 bits per heavy atom. The molecule has 3 atom stereocenters. The van der Waals surface area contributed by atoms with E-state index in [1.54, 1.807) is 35.8 Å². The second kappa shape index (κ2) is 12.2. The quantitative estimate of drug-likeness (QED) is 0.148. The van der Waals surface area contributed by atoms with Gasteiger partial charge in [-0.3, -0.25) is 4.52 Å². The van der Waals surface area contributed by atoms with Gasteiger partial charge < -0.3 is 29.4 Å². The number of nitrogen functional groups attached to an aromatic ring is 1. The molecule has 0 spiro atoms. The summed E-state index contributed by atoms with van der Waals surface area (Å²) in [6.07, 6.45) is 0. The molecule has 2 heterocycles. The van der Waals surface area contributed by atoms with Crippen molar-refractivity contribution >= 4 is 47.1 Å². The van der Waals surface area contributed by atoms with Gasteiger partial charge in [-0.1, -0.05) is 29.8 Å². The monoisotopic (exact) mass is 577 g/mol. The highest BCUT2D eigenvalue weighted by Crippen LogP contribution is 2.48. The van der Waals surface area contributed by atoms with Gasteiger partial charge in [0.05, 0.1) is 24.2 Å². The van der Waals surface area contributed by atoms with Crippen molar-refractivity contribution in [3.8, 4) is 5.75 Å². The number of aromatic nitrogens is 3. The summed E-state index contributed by atoms with van der Waals surface area (Å²) in [5.74, 6) is -1.02. The van der Waals surface area contributed by atoms with Crippen LogP contribution in [0.1, 0.15) is 26.6 Å². The number of aliphatic hydroxyl groups is 1. The van der Waals surface area contributed by atoms with Crippen molar-refractivity contribution in [2.75, 3.05) is 26.1 Å². The molecule has 2 unspecified atom stereocenters. The molecular formula is C26H33ClN5O6P. The Bertz CT molecular complexity index is 1480. The minimum Gasteiger partial charge on any atom is -0.413 e. The second-order valence-electron chi connectivity index (χ2n) is 9.26. The van der Waals surface area contributed by atoms with Crippen LogP contribution in [0.25, 0.3) is 21.9 Å². The van der Waals surface area contributed by atoms with Crippen LogP contribution in [0, 0.1) is 0 Å². The van der Waals surface area contributed by atoms with Crippen molar-refractivity contribution in [2.24, 2.45) is 0 Å². The van der Waals surface area contributed by atoms with Gasteiger partial charge >= 0.3 is 7.75 Å². The SMILES string of the molecule is CCOCc1nc2c(N)nc3ccccc3c2n1CC(C)(O)OP(=O)(N[C@@H](C)COC)Oc1ccc(Cl)cc1. The highest BCUT2D eigenvalue weighted by molar-refractivity contribution is 7.52. The number of nitrogens with zero attached hydrogens (tertiary/aromatic N) is 3. The van der Waals surface area contributed by atoms with Crippen molar-refractivity contribution in [3.63, 3.8) is 0 Å². The van der Waals surface area contributed by atoms with Crippen molar-refractivity contribution in [1.82, 2.24) is 19.6 Å². The Morgan fingerprint density at radius 1 is 1.21 bits per heavy atom. The molecule has 0 aliphatic carbocycles. The number of rotatable bonds is 13. The molecule has 210 valence electrons. The number of nitrogens with one attached hydrogen (secondary N) is 1. The number of nitrogens with two attached hydrogens (primary N) is 1. The lowest BCUT2D eigenvalue weighted by Crippen LogP contribution is -2.38. The van der Waals surface area contributed by atoms with Gasteiger partial charge in [0, 0.05) is 30.2 Å². The number of methoxy groups -OCH3 is 1. The summed E-state index contributed by atoms with van der Waals surface area (Å²) in [7, 11) is -2.64. The van der Waals surface area contributed by atoms with Crippen LogP contribution in [0.4, 0.5) is 5.82 Å². The van der Waals surface area contributed by atoms with E-state index in [9.17, 15) is 9.67 Å². The summed E-state index contributed by atoms with van der Waals surface area (Å²) in [4.78, 5) is 9.14. The average molecular weight is 578 g/mol. The normalized spacial score (nSPS) is 15.7. The van der Waals surface area contributed by atoms with Crippen molar-refractivity contribution < 1.29 is 28.2 Å². The van der Waals surface area contributed by atoms with Gasteiger partial charge in [-0.25, -0.2) is 19.6 Å². The topological polar surface area (TPSA) is 143 Å². The molecule has 0 saturated carbocycles. The van der Waals surface area contributed by atoms with Crippen molar-refractivity contribution in [1.29, 1.82) is 0 Å². The molecule has 4 aromatic rings. The molecule has 0 radical (unpaired) electrons. The number of halogens is 1. The maximum absolute atomic E-state index is 14.0. The number of ether oxygens (including phenoxy) is 2. The first-order valence-corrected chi connectivity index (χ1v) is 14.3. The molecule has 2 aromatic carbocycles. The van der Waals surface area contributed by atoms with Crippen LogP contribution < -0.4 is 15.3 Å². The van der Waals surface area contributed by atoms with Crippen LogP contribution >= 0.6 is 19.3 Å². The largest absolute Gasteiger partial charge is 0.461 e. The van der Waals surface area contributed by atoms with Crippen LogP contribution in [-0.4, -0.2) is 51.8 Å². The fourth-order valence-corrected chi connectivity index (χ4v) is 6.08. The Labute approximate surface area is 231 Å². The third kappa shape index (κ3) is 7.06. The molecule has 11 nitrogen and oxygen atoms in total. The highest BCUT2D eigenvalue weighted by atomic mass is 35.5. The molecule has 0 saturated heterocycles. The summed E-state index contributed by atoms with van der Waals surface area (Å²) < 4.78 is 38.2. The fraction of sp³-hybridized carbons (Fsp3) is 0.385. The number of para-hydroxylation sites is 1. The number of hydrogen-bond acceptors (Lipinski definition) is 9. The second-order valence-corrected chi connectivity index (χ2v) is 11.3. The minimum absolute atomic E-state index is 0.150. The summed E-state index contributed by atoms with van der Waals surface area (Å²) in [5.41, 5.74) is 8.04. The Morgan fingerprint density at radius 3 is 2.62 bits per heavy atom. The Hall–Kier alpha value is -2.76. The number of fused-ring (bicyclic) bond motifs is 3. The van der Waals surface area contributed by atoms with Crippen molar-refractivity contribution in [3.05, 3.63) is 59.4 Å². The zero-order valence-electron chi connectivity index (χ0n) is 22.3. The van der Waals surface area contributed by atoms with E-state index in [2.05, 4.69) is 15.1 Å². The van der Waals surface area contributed by atoms with Crippen LogP contribution in [0.2, 0.25) is 5.02 Å². The highest BCUT2D eigenvalue weighted by Gasteiger charge is 2.39. The van der Waals surface area contributed by atoms with Crippen LogP contribution in [-0.2, 0) is 31.7 Å². The van der Waals surface area contributed by atoms with Gasteiger partial charge in [0.15, 0.2) is 11.6 Å². The van der Waals surface area contributed by atoms with E-state index < -0.39 is 19.6 Å². The summed E-state index contributed by atoms with van der Waals surface area (Å²) >= 11 is 5.99. The number of hydrogen-bond donors (Lipinski definition) is 3. The van der Waals surface area contributed by atoms with Gasteiger partial charge in [-0.05, 0) is 51.1 Å². The zero-order valence-corrected chi connectivity index (χ0v) is 23.9. The van der Waals surface area contributed by atoms with E-state index in [4.69, 9.17) is 35.9 Å². The van der Waals surface area contributed by atoms with Gasteiger partial charge in [-0.2, -0.15) is 0 Å². The predicted molar refractivity (Wildman–Crippen MR) is 151 cm³/mol. The van der Waals surface area contributed by atoms with E-state index in [1.165, 1.54) is 14.0 Å². The molecule has 0 bridgehead atoms. The van der Waals surface area contributed by atoms with E-state index >= 15 is 0 Å². The molecule has 13 heteroatoms. The summed E-state index contributed by atoms with van der Waals surface area (Å²) in [6, 6.07) is 13.4. The lowest BCUT2D eigenvalue weighted by Gasteiger charge is -2.31. The van der Waals surface area contributed by atoms with Gasteiger partial charge in [-0.15, -0.1) is 0 Å². The zero-order chi connectivity index (χ0) is 28.2. The van der Waals surface area contributed by atoms with Crippen molar-refractivity contribution in [2.45, 2.75) is 45.8 Å². The van der Waals surface area contributed by atoms with Gasteiger partial charge in [0.25, 0.3) is 0 Å². The molecular weight excluding hydrogens is 545 g/mol. The van der Waals surface area contributed by atoms with Crippen LogP contribution in [0.15, 0.2) is 48.5 Å². The number of anilines is 1. The molecule has 0 fully saturated rings. The molecule has 4 rings (SSSR count). The number of pyridine rings is 1. The maximum atomic E-state index is 14.0. The molecule has 4 N–H and O–H groups in total. The number of benzene rings is 2. The smallest absolute Gasteiger partial charge is 0.413 e. The van der Waals surface area contributed by atoms with Crippen LogP contribution in [0.3, 0.4) is 0 Å². The molecule has 2 aromatic heterocycles. The first-order valence-electron chi connectivity index (χ1n) is 12.4. The minimum atomic E-state index is -4.16. The molecule has 0 aliphatic heterocycles. The summed E-state index contributed by atoms with van der Waals surface area (Å²) in [6.45, 7) is 5.68. The Kier molecular flexibility index (Phi) is 9.13. The lowest BCUT2D eigenvalue weighted by atomic mass is 10.2. The van der Waals surface area contributed by atoms with E-state index in [0.29, 0.717) is 34.0 Å². The predicted octanol–water partition coefficient (Wildman–Crippen LogP) is 4.89. The molecule has 0 amide bonds. The fourth-order valence-electron chi connectivity index (χ4n) is 4.22. The van der Waals surface area contributed by atoms with E-state index in [1.807, 2.05) is 31.2 Å². The lowest BCUT2D eigenvalue weighted by molar-refractivity contribution is -0.137. The average Bonchev–Trinajstić information content (AvgIpc) is 3.22. The molecule has 39 heavy (non-hydrogen) atoms. The summed E-state index contributed by atoms with van der Waals surface area (Å²) in [5, 5.41) is 15.6. The molecule has 0 aliphatic rings. The van der Waals surface area contributed by atoms with E-state index in [-0.39, 0.29) is 31.3 Å². The van der Waals surface area contributed by atoms with Gasteiger partial charge in [0.1, 0.15) is 23.7 Å². The third-order valence-corrected chi connectivity index (χ3v) is 7.82. The van der Waals surface area contributed by atoms with E-state index in [0.717, 1.165) is 5.39 Å². The third-order valence-electron chi connectivity index (χ3n) is 5.73. The Balaban J connectivity index is 1.74. The van der Waals surface area contributed by atoms with Gasteiger partial charge in [0.2, 0.25) is 0 Å². The first kappa shape index (κ1) is 29.2. The van der Waals surface area contributed by atoms with Crippen LogP contribution in [0.5, 0.6) is 5.75 Å².